The Bertz CT molecular complexity index is 927. The summed E-state index contributed by atoms with van der Waals surface area (Å²) in [6.07, 6.45) is 0. The molecule has 1 amide bonds. The van der Waals surface area contributed by atoms with Crippen LogP contribution in [-0.2, 0) is 21.4 Å². The second-order valence-electron chi connectivity index (χ2n) is 6.97. The van der Waals surface area contributed by atoms with Gasteiger partial charge in [0.05, 0.1) is 17.5 Å². The van der Waals surface area contributed by atoms with Crippen LogP contribution in [0.5, 0.6) is 5.75 Å². The van der Waals surface area contributed by atoms with Crippen LogP contribution in [0.15, 0.2) is 53.4 Å². The van der Waals surface area contributed by atoms with Crippen molar-refractivity contribution < 1.29 is 17.9 Å². The number of hydrogen-bond acceptors (Lipinski definition) is 5. The quantitative estimate of drug-likeness (QED) is 0.676. The van der Waals surface area contributed by atoms with Gasteiger partial charge in [0.1, 0.15) is 5.75 Å². The monoisotopic (exact) mass is 419 g/mol. The Balaban J connectivity index is 2.03. The summed E-state index contributed by atoms with van der Waals surface area (Å²) >= 11 is 0. The Kier molecular flexibility index (Phi) is 7.78. The van der Waals surface area contributed by atoms with E-state index in [1.54, 1.807) is 12.1 Å². The van der Waals surface area contributed by atoms with E-state index in [1.165, 1.54) is 26.2 Å². The van der Waals surface area contributed by atoms with Gasteiger partial charge in [-0.3, -0.25) is 9.69 Å². The first-order chi connectivity index (χ1) is 13.6. The summed E-state index contributed by atoms with van der Waals surface area (Å²) in [7, 11) is 1.25. The highest BCUT2D eigenvalue weighted by Gasteiger charge is 2.20. The SMILES string of the molecule is CCOc1ccc(CN(C)[C@H](C)C(=O)Nc2cccc(S(=O)(=O)N(C)C)c2)cc1. The highest BCUT2D eigenvalue weighted by Crippen LogP contribution is 2.19. The van der Waals surface area contributed by atoms with Gasteiger partial charge in [-0.15, -0.1) is 0 Å². The topological polar surface area (TPSA) is 79.0 Å². The molecule has 0 heterocycles. The van der Waals surface area contributed by atoms with E-state index in [0.29, 0.717) is 18.8 Å². The van der Waals surface area contributed by atoms with Gasteiger partial charge < -0.3 is 10.1 Å². The maximum Gasteiger partial charge on any atom is 0.242 e. The van der Waals surface area contributed by atoms with E-state index in [4.69, 9.17) is 4.74 Å². The van der Waals surface area contributed by atoms with Crippen molar-refractivity contribution in [2.75, 3.05) is 33.1 Å². The van der Waals surface area contributed by atoms with Crippen LogP contribution in [0.1, 0.15) is 19.4 Å². The molecule has 0 saturated heterocycles. The molecule has 2 rings (SSSR count). The second-order valence-corrected chi connectivity index (χ2v) is 9.12. The number of rotatable bonds is 9. The molecule has 0 aliphatic heterocycles. The maximum atomic E-state index is 12.6. The van der Waals surface area contributed by atoms with E-state index < -0.39 is 16.1 Å². The molecule has 0 fully saturated rings. The number of sulfonamides is 1. The number of carbonyl (C=O) groups is 1. The number of ether oxygens (including phenoxy) is 1. The van der Waals surface area contributed by atoms with Crippen LogP contribution in [0.4, 0.5) is 5.69 Å². The Morgan fingerprint density at radius 1 is 1.10 bits per heavy atom. The number of likely N-dealkylation sites (N-methyl/N-ethyl adjacent to an activating group) is 1. The van der Waals surface area contributed by atoms with Crippen molar-refractivity contribution in [2.45, 2.75) is 31.3 Å². The van der Waals surface area contributed by atoms with Crippen LogP contribution in [0, 0.1) is 0 Å². The fourth-order valence-corrected chi connectivity index (χ4v) is 3.62. The molecule has 0 bridgehead atoms. The molecule has 0 saturated carbocycles. The van der Waals surface area contributed by atoms with Gasteiger partial charge in [0.15, 0.2) is 0 Å². The number of nitrogens with zero attached hydrogens (tertiary/aromatic N) is 2. The van der Waals surface area contributed by atoms with Crippen molar-refractivity contribution in [3.05, 3.63) is 54.1 Å². The number of amides is 1. The summed E-state index contributed by atoms with van der Waals surface area (Å²) in [6, 6.07) is 13.6. The van der Waals surface area contributed by atoms with Crippen molar-refractivity contribution in [3.8, 4) is 5.75 Å². The lowest BCUT2D eigenvalue weighted by molar-refractivity contribution is -0.120. The number of benzene rings is 2. The number of hydrogen-bond donors (Lipinski definition) is 1. The van der Waals surface area contributed by atoms with Crippen molar-refractivity contribution in [3.63, 3.8) is 0 Å². The minimum Gasteiger partial charge on any atom is -0.494 e. The zero-order valence-electron chi connectivity index (χ0n) is 17.5. The lowest BCUT2D eigenvalue weighted by Crippen LogP contribution is -2.39. The zero-order chi connectivity index (χ0) is 21.6. The molecule has 8 heteroatoms. The summed E-state index contributed by atoms with van der Waals surface area (Å²) in [5.41, 5.74) is 1.51. The predicted octanol–water partition coefficient (Wildman–Crippen LogP) is 2.79. The summed E-state index contributed by atoms with van der Waals surface area (Å²) in [5, 5.41) is 2.80. The van der Waals surface area contributed by atoms with Crippen molar-refractivity contribution in [1.82, 2.24) is 9.21 Å². The van der Waals surface area contributed by atoms with E-state index in [9.17, 15) is 13.2 Å². The third-order valence-electron chi connectivity index (χ3n) is 4.59. The summed E-state index contributed by atoms with van der Waals surface area (Å²) in [6.45, 7) is 4.96. The second kappa shape index (κ2) is 9.87. The van der Waals surface area contributed by atoms with Crippen LogP contribution >= 0.6 is 0 Å². The molecule has 0 unspecified atom stereocenters. The third kappa shape index (κ3) is 6.03. The van der Waals surface area contributed by atoms with Gasteiger partial charge in [0, 0.05) is 26.3 Å². The molecule has 2 aromatic carbocycles. The maximum absolute atomic E-state index is 12.6. The molecular weight excluding hydrogens is 390 g/mol. The lowest BCUT2D eigenvalue weighted by Gasteiger charge is -2.24. The summed E-state index contributed by atoms with van der Waals surface area (Å²) in [5.74, 6) is 0.607. The molecule has 1 atom stereocenters. The van der Waals surface area contributed by atoms with Gasteiger partial charge >= 0.3 is 0 Å². The Morgan fingerprint density at radius 2 is 1.76 bits per heavy atom. The Morgan fingerprint density at radius 3 is 2.34 bits per heavy atom. The van der Waals surface area contributed by atoms with Gasteiger partial charge in [-0.1, -0.05) is 18.2 Å². The van der Waals surface area contributed by atoms with Gasteiger partial charge in [-0.25, -0.2) is 12.7 Å². The molecule has 2 aromatic rings. The average molecular weight is 420 g/mol. The molecule has 1 N–H and O–H groups in total. The smallest absolute Gasteiger partial charge is 0.242 e. The standard InChI is InChI=1S/C21H29N3O4S/c1-6-28-19-12-10-17(11-13-19)15-24(5)16(2)21(25)22-18-8-7-9-20(14-18)29(26,27)23(3)4/h7-14,16H,6,15H2,1-5H3,(H,22,25)/t16-/m1/s1. The predicted molar refractivity (Wildman–Crippen MR) is 114 cm³/mol. The van der Waals surface area contributed by atoms with Crippen molar-refractivity contribution >= 4 is 21.6 Å². The van der Waals surface area contributed by atoms with E-state index in [0.717, 1.165) is 15.6 Å². The van der Waals surface area contributed by atoms with Crippen LogP contribution in [0.2, 0.25) is 0 Å². The zero-order valence-corrected chi connectivity index (χ0v) is 18.4. The molecule has 7 nitrogen and oxygen atoms in total. The minimum atomic E-state index is -3.56. The van der Waals surface area contributed by atoms with Crippen molar-refractivity contribution in [1.29, 1.82) is 0 Å². The first-order valence-electron chi connectivity index (χ1n) is 9.40. The number of carbonyl (C=O) groups excluding carboxylic acids is 1. The fraction of sp³-hybridized carbons (Fsp3) is 0.381. The molecule has 0 spiro atoms. The summed E-state index contributed by atoms with van der Waals surface area (Å²) in [4.78, 5) is 14.7. The molecule has 0 aliphatic carbocycles. The normalized spacial score (nSPS) is 12.8. The minimum absolute atomic E-state index is 0.135. The molecule has 0 aliphatic rings. The van der Waals surface area contributed by atoms with Gasteiger partial charge in [0.25, 0.3) is 0 Å². The lowest BCUT2D eigenvalue weighted by atomic mass is 10.1. The molecule has 158 valence electrons. The average Bonchev–Trinajstić information content (AvgIpc) is 2.69. The fourth-order valence-electron chi connectivity index (χ4n) is 2.67. The van der Waals surface area contributed by atoms with Crippen LogP contribution in [-0.4, -0.2) is 57.3 Å². The van der Waals surface area contributed by atoms with E-state index >= 15 is 0 Å². The third-order valence-corrected chi connectivity index (χ3v) is 6.40. The van der Waals surface area contributed by atoms with E-state index in [-0.39, 0.29) is 10.8 Å². The first-order valence-corrected chi connectivity index (χ1v) is 10.8. The molecule has 0 aromatic heterocycles. The van der Waals surface area contributed by atoms with Gasteiger partial charge in [0.2, 0.25) is 15.9 Å². The largest absolute Gasteiger partial charge is 0.494 e. The highest BCUT2D eigenvalue weighted by atomic mass is 32.2. The van der Waals surface area contributed by atoms with Crippen LogP contribution in [0.25, 0.3) is 0 Å². The van der Waals surface area contributed by atoms with Crippen LogP contribution in [0.3, 0.4) is 0 Å². The van der Waals surface area contributed by atoms with Crippen molar-refractivity contribution in [2.24, 2.45) is 0 Å². The first kappa shape index (κ1) is 22.9. The van der Waals surface area contributed by atoms with Gasteiger partial charge in [-0.2, -0.15) is 0 Å². The van der Waals surface area contributed by atoms with E-state index in [2.05, 4.69) is 5.32 Å². The Labute approximate surface area is 173 Å². The highest BCUT2D eigenvalue weighted by molar-refractivity contribution is 7.89. The van der Waals surface area contributed by atoms with Gasteiger partial charge in [-0.05, 0) is 56.8 Å². The van der Waals surface area contributed by atoms with Crippen LogP contribution < -0.4 is 10.1 Å². The molecule has 0 radical (unpaired) electrons. The Hall–Kier alpha value is -2.42. The number of anilines is 1. The molecular formula is C21H29N3O4S. The summed E-state index contributed by atoms with van der Waals surface area (Å²) < 4.78 is 31.1. The van der Waals surface area contributed by atoms with E-state index in [1.807, 2.05) is 50.1 Å². The molecule has 29 heavy (non-hydrogen) atoms. The number of nitrogens with one attached hydrogen (secondary N) is 1.